The summed E-state index contributed by atoms with van der Waals surface area (Å²) < 4.78 is 0. The lowest BCUT2D eigenvalue weighted by Gasteiger charge is -2.17. The summed E-state index contributed by atoms with van der Waals surface area (Å²) >= 11 is 0. The van der Waals surface area contributed by atoms with E-state index in [1.54, 1.807) is 18.2 Å². The molecule has 2 N–H and O–H groups in total. The van der Waals surface area contributed by atoms with E-state index in [4.69, 9.17) is 5.11 Å². The lowest BCUT2D eigenvalue weighted by atomic mass is 9.92. The number of amides is 1. The van der Waals surface area contributed by atoms with Crippen LogP contribution in [0.1, 0.15) is 45.5 Å². The van der Waals surface area contributed by atoms with Gasteiger partial charge in [0.15, 0.2) is 0 Å². The zero-order chi connectivity index (χ0) is 18.0. The van der Waals surface area contributed by atoms with E-state index < -0.39 is 5.97 Å². The van der Waals surface area contributed by atoms with Gasteiger partial charge in [-0.15, -0.1) is 0 Å². The molecule has 2 aromatic carbocycles. The second kappa shape index (κ2) is 6.71. The van der Waals surface area contributed by atoms with Crippen LogP contribution in [0, 0.1) is 13.8 Å². The zero-order valence-corrected chi connectivity index (χ0v) is 14.6. The molecule has 0 spiro atoms. The van der Waals surface area contributed by atoms with Crippen molar-refractivity contribution in [3.8, 4) is 0 Å². The molecule has 2 aromatic rings. The molecule has 1 fully saturated rings. The fraction of sp³-hybridized carbons (Fsp3) is 0.333. The molecule has 0 atom stereocenters. The van der Waals surface area contributed by atoms with Gasteiger partial charge < -0.3 is 10.4 Å². The quantitative estimate of drug-likeness (QED) is 0.849. The summed E-state index contributed by atoms with van der Waals surface area (Å²) in [5.74, 6) is -0.857. The van der Waals surface area contributed by atoms with Crippen LogP contribution in [0.3, 0.4) is 0 Å². The number of rotatable bonds is 6. The molecule has 0 aromatic heterocycles. The molecular formula is C21H23NO3. The van der Waals surface area contributed by atoms with Crippen LogP contribution in [0.15, 0.2) is 42.5 Å². The highest BCUT2D eigenvalue weighted by molar-refractivity contribution is 5.91. The summed E-state index contributed by atoms with van der Waals surface area (Å²) in [6.07, 6.45) is 2.39. The van der Waals surface area contributed by atoms with Crippen LogP contribution in [0.5, 0.6) is 0 Å². The Kier molecular flexibility index (Phi) is 4.62. The van der Waals surface area contributed by atoms with Crippen molar-refractivity contribution in [1.82, 2.24) is 5.32 Å². The van der Waals surface area contributed by atoms with Gasteiger partial charge in [0.05, 0.1) is 11.0 Å². The maximum Gasteiger partial charge on any atom is 0.335 e. The minimum absolute atomic E-state index is 0.0758. The summed E-state index contributed by atoms with van der Waals surface area (Å²) in [6.45, 7) is 4.62. The number of carboxylic acids is 1. The predicted molar refractivity (Wildman–Crippen MR) is 96.9 cm³/mol. The van der Waals surface area contributed by atoms with Gasteiger partial charge in [-0.1, -0.05) is 41.5 Å². The van der Waals surface area contributed by atoms with Gasteiger partial charge in [-0.2, -0.15) is 0 Å². The monoisotopic (exact) mass is 337 g/mol. The number of aromatic carboxylic acids is 1. The fourth-order valence-electron chi connectivity index (χ4n) is 3.37. The Hall–Kier alpha value is -2.62. The van der Waals surface area contributed by atoms with Gasteiger partial charge in [0.2, 0.25) is 5.91 Å². The molecule has 4 heteroatoms. The maximum atomic E-state index is 12.7. The van der Waals surface area contributed by atoms with Gasteiger partial charge in [0, 0.05) is 6.54 Å². The van der Waals surface area contributed by atoms with Crippen molar-refractivity contribution in [2.24, 2.45) is 0 Å². The van der Waals surface area contributed by atoms with E-state index in [0.717, 1.165) is 24.0 Å². The topological polar surface area (TPSA) is 66.4 Å². The number of aryl methyl sites for hydroxylation is 2. The minimum atomic E-state index is -0.933. The summed E-state index contributed by atoms with van der Waals surface area (Å²) in [4.78, 5) is 23.7. The van der Waals surface area contributed by atoms with Crippen molar-refractivity contribution in [2.45, 2.75) is 38.5 Å². The van der Waals surface area contributed by atoms with E-state index in [9.17, 15) is 9.59 Å². The van der Waals surface area contributed by atoms with Gasteiger partial charge in [-0.25, -0.2) is 4.79 Å². The van der Waals surface area contributed by atoms with Crippen LogP contribution < -0.4 is 5.32 Å². The molecule has 1 aliphatic rings. The Bertz CT molecular complexity index is 801. The average Bonchev–Trinajstić information content (AvgIpc) is 3.36. The third-order valence-electron chi connectivity index (χ3n) is 4.83. The predicted octanol–water partition coefficient (Wildman–Crippen LogP) is 3.39. The zero-order valence-electron chi connectivity index (χ0n) is 14.6. The first-order valence-corrected chi connectivity index (χ1v) is 8.60. The van der Waals surface area contributed by atoms with E-state index in [-0.39, 0.29) is 16.9 Å². The summed E-state index contributed by atoms with van der Waals surface area (Å²) in [5.41, 5.74) is 4.28. The normalized spacial score (nSPS) is 14.8. The third kappa shape index (κ3) is 3.73. The Morgan fingerprint density at radius 3 is 2.36 bits per heavy atom. The molecule has 3 rings (SSSR count). The van der Waals surface area contributed by atoms with Crippen LogP contribution in [0.25, 0.3) is 0 Å². The van der Waals surface area contributed by atoms with E-state index >= 15 is 0 Å². The molecule has 0 heterocycles. The van der Waals surface area contributed by atoms with Crippen LogP contribution in [-0.2, 0) is 16.6 Å². The molecule has 0 unspecified atom stereocenters. The molecule has 25 heavy (non-hydrogen) atoms. The number of nitrogens with one attached hydrogen (secondary N) is 1. The minimum Gasteiger partial charge on any atom is -0.478 e. The largest absolute Gasteiger partial charge is 0.478 e. The van der Waals surface area contributed by atoms with Crippen molar-refractivity contribution < 1.29 is 14.7 Å². The number of hydrogen-bond donors (Lipinski definition) is 2. The average molecular weight is 337 g/mol. The third-order valence-corrected chi connectivity index (χ3v) is 4.83. The second-order valence-electron chi connectivity index (χ2n) is 6.97. The van der Waals surface area contributed by atoms with Crippen LogP contribution >= 0.6 is 0 Å². The summed E-state index contributed by atoms with van der Waals surface area (Å²) in [5, 5.41) is 12.1. The SMILES string of the molecule is Cc1cc(C)cc(C2(C(=O)NCCc3cccc(C(=O)O)c3)CC2)c1. The smallest absolute Gasteiger partial charge is 0.335 e. The van der Waals surface area contributed by atoms with E-state index in [1.807, 2.05) is 6.07 Å². The van der Waals surface area contributed by atoms with Crippen molar-refractivity contribution in [1.29, 1.82) is 0 Å². The van der Waals surface area contributed by atoms with Crippen molar-refractivity contribution in [3.05, 3.63) is 70.3 Å². The summed E-state index contributed by atoms with van der Waals surface area (Å²) in [6, 6.07) is 13.2. The first kappa shape index (κ1) is 17.2. The Balaban J connectivity index is 1.63. The highest BCUT2D eigenvalue weighted by Crippen LogP contribution is 2.48. The summed E-state index contributed by atoms with van der Waals surface area (Å²) in [7, 11) is 0. The van der Waals surface area contributed by atoms with Gasteiger partial charge in [0.25, 0.3) is 0 Å². The van der Waals surface area contributed by atoms with E-state index in [1.165, 1.54) is 11.1 Å². The van der Waals surface area contributed by atoms with E-state index in [2.05, 4.69) is 37.4 Å². The number of carbonyl (C=O) groups excluding carboxylic acids is 1. The second-order valence-corrected chi connectivity index (χ2v) is 6.97. The van der Waals surface area contributed by atoms with E-state index in [0.29, 0.717) is 13.0 Å². The molecule has 130 valence electrons. The van der Waals surface area contributed by atoms with Crippen molar-refractivity contribution >= 4 is 11.9 Å². The number of hydrogen-bond acceptors (Lipinski definition) is 2. The molecule has 0 aliphatic heterocycles. The molecule has 0 bridgehead atoms. The van der Waals surface area contributed by atoms with Crippen LogP contribution in [-0.4, -0.2) is 23.5 Å². The maximum absolute atomic E-state index is 12.7. The fourth-order valence-corrected chi connectivity index (χ4v) is 3.37. The number of carboxylic acid groups (broad SMARTS) is 1. The highest BCUT2D eigenvalue weighted by atomic mass is 16.4. The first-order chi connectivity index (χ1) is 11.9. The highest BCUT2D eigenvalue weighted by Gasteiger charge is 2.51. The van der Waals surface area contributed by atoms with Crippen molar-refractivity contribution in [2.75, 3.05) is 6.54 Å². The van der Waals surface area contributed by atoms with Gasteiger partial charge in [0.1, 0.15) is 0 Å². The van der Waals surface area contributed by atoms with Gasteiger partial charge in [-0.3, -0.25) is 4.79 Å². The first-order valence-electron chi connectivity index (χ1n) is 8.60. The van der Waals surface area contributed by atoms with Crippen LogP contribution in [0.4, 0.5) is 0 Å². The lowest BCUT2D eigenvalue weighted by molar-refractivity contribution is -0.123. The Morgan fingerprint density at radius 2 is 1.76 bits per heavy atom. The standard InChI is InChI=1S/C21H23NO3/c1-14-10-15(2)12-18(11-14)21(7-8-21)20(25)22-9-6-16-4-3-5-17(13-16)19(23)24/h3-5,10-13H,6-9H2,1-2H3,(H,22,25)(H,23,24). The Morgan fingerprint density at radius 1 is 1.08 bits per heavy atom. The molecule has 4 nitrogen and oxygen atoms in total. The molecule has 1 aliphatic carbocycles. The molecule has 1 saturated carbocycles. The number of carbonyl (C=O) groups is 2. The van der Waals surface area contributed by atoms with Gasteiger partial charge >= 0.3 is 5.97 Å². The molecule has 1 amide bonds. The van der Waals surface area contributed by atoms with Crippen LogP contribution in [0.2, 0.25) is 0 Å². The van der Waals surface area contributed by atoms with Crippen molar-refractivity contribution in [3.63, 3.8) is 0 Å². The molecule has 0 radical (unpaired) electrons. The molecular weight excluding hydrogens is 314 g/mol. The van der Waals surface area contributed by atoms with Gasteiger partial charge in [-0.05, 0) is 56.4 Å². The lowest BCUT2D eigenvalue weighted by Crippen LogP contribution is -2.36. The number of benzene rings is 2. The Labute approximate surface area is 147 Å². The molecule has 0 saturated heterocycles.